The highest BCUT2D eigenvalue weighted by atomic mass is 32.2. The third-order valence-electron chi connectivity index (χ3n) is 4.26. The van der Waals surface area contributed by atoms with Crippen LogP contribution in [0.25, 0.3) is 0 Å². The molecule has 0 spiro atoms. The average Bonchev–Trinajstić information content (AvgIpc) is 3.12. The Balaban J connectivity index is 1.76. The number of likely N-dealkylation sites (tertiary alicyclic amines) is 1. The molecule has 1 N–H and O–H groups in total. The Hall–Kier alpha value is -1.69. The number of carbonyl (C=O) groups excluding carboxylic acids is 1. The fourth-order valence-corrected chi connectivity index (χ4v) is 4.01. The molecule has 1 saturated heterocycles. The van der Waals surface area contributed by atoms with Crippen LogP contribution in [0.4, 0.5) is 0 Å². The lowest BCUT2D eigenvalue weighted by Crippen LogP contribution is -2.40. The lowest BCUT2D eigenvalue weighted by atomic mass is 10.2. The van der Waals surface area contributed by atoms with E-state index in [9.17, 15) is 4.79 Å². The zero-order valence-electron chi connectivity index (χ0n) is 15.9. The van der Waals surface area contributed by atoms with E-state index in [-0.39, 0.29) is 5.97 Å². The van der Waals surface area contributed by atoms with E-state index in [1.54, 1.807) is 0 Å². The van der Waals surface area contributed by atoms with Crippen LogP contribution in [0, 0.1) is 5.92 Å². The molecule has 0 bridgehead atoms. The highest BCUT2D eigenvalue weighted by molar-refractivity contribution is 7.99. The van der Waals surface area contributed by atoms with Gasteiger partial charge in [-0.25, -0.2) is 0 Å². The van der Waals surface area contributed by atoms with E-state index in [0.717, 1.165) is 37.8 Å². The van der Waals surface area contributed by atoms with E-state index >= 15 is 0 Å². The molecular formula is C20H31N3O2S. The molecule has 1 aliphatic rings. The zero-order chi connectivity index (χ0) is 18.6. The van der Waals surface area contributed by atoms with Gasteiger partial charge in [0.1, 0.15) is 0 Å². The summed E-state index contributed by atoms with van der Waals surface area (Å²) in [5, 5.41) is 3.39. The van der Waals surface area contributed by atoms with Gasteiger partial charge in [0, 0.05) is 43.2 Å². The Kier molecular flexibility index (Phi) is 9.39. The molecule has 0 saturated carbocycles. The standard InChI is InChI=1S/C20H31N3O2S/c1-3-21-20(22-13-8-11-19(24)25-4-2)23-14-12-17(15-23)16-26-18-9-6-5-7-10-18/h5-7,9-10,17H,3-4,8,11-16H2,1-2H3,(H,21,22). The van der Waals surface area contributed by atoms with Gasteiger partial charge in [0.15, 0.2) is 5.96 Å². The smallest absolute Gasteiger partial charge is 0.305 e. The number of hydrogen-bond acceptors (Lipinski definition) is 4. The van der Waals surface area contributed by atoms with E-state index in [1.807, 2.05) is 18.7 Å². The van der Waals surface area contributed by atoms with Crippen molar-refractivity contribution in [1.29, 1.82) is 0 Å². The summed E-state index contributed by atoms with van der Waals surface area (Å²) in [5.74, 6) is 2.67. The van der Waals surface area contributed by atoms with Crippen molar-refractivity contribution >= 4 is 23.7 Å². The maximum Gasteiger partial charge on any atom is 0.305 e. The molecule has 1 heterocycles. The third-order valence-corrected chi connectivity index (χ3v) is 5.50. The van der Waals surface area contributed by atoms with Crippen LogP contribution < -0.4 is 5.32 Å². The van der Waals surface area contributed by atoms with Crippen molar-refractivity contribution in [2.24, 2.45) is 10.9 Å². The number of aliphatic imine (C=N–C) groups is 1. The van der Waals surface area contributed by atoms with Gasteiger partial charge in [-0.15, -0.1) is 11.8 Å². The quantitative estimate of drug-likeness (QED) is 0.235. The van der Waals surface area contributed by atoms with Crippen molar-refractivity contribution in [3.8, 4) is 0 Å². The van der Waals surface area contributed by atoms with E-state index in [1.165, 1.54) is 11.3 Å². The Bertz CT molecular complexity index is 565. The number of carbonyl (C=O) groups is 1. The van der Waals surface area contributed by atoms with Crippen molar-refractivity contribution in [3.63, 3.8) is 0 Å². The molecule has 26 heavy (non-hydrogen) atoms. The monoisotopic (exact) mass is 377 g/mol. The van der Waals surface area contributed by atoms with Crippen molar-refractivity contribution in [2.75, 3.05) is 38.5 Å². The summed E-state index contributed by atoms with van der Waals surface area (Å²) in [7, 11) is 0. The predicted octanol–water partition coefficient (Wildman–Crippen LogP) is 3.41. The number of hydrogen-bond donors (Lipinski definition) is 1. The normalized spacial score (nSPS) is 17.4. The summed E-state index contributed by atoms with van der Waals surface area (Å²) in [6, 6.07) is 10.6. The minimum absolute atomic E-state index is 0.133. The minimum atomic E-state index is -0.133. The van der Waals surface area contributed by atoms with Crippen LogP contribution in [-0.4, -0.2) is 55.4 Å². The van der Waals surface area contributed by atoms with Gasteiger partial charge in [-0.05, 0) is 44.7 Å². The molecule has 144 valence electrons. The number of ether oxygens (including phenoxy) is 1. The van der Waals surface area contributed by atoms with Crippen LogP contribution in [-0.2, 0) is 9.53 Å². The predicted molar refractivity (Wildman–Crippen MR) is 109 cm³/mol. The molecule has 1 aromatic rings. The zero-order valence-corrected chi connectivity index (χ0v) is 16.8. The maximum atomic E-state index is 11.4. The fraction of sp³-hybridized carbons (Fsp3) is 0.600. The second-order valence-corrected chi connectivity index (χ2v) is 7.46. The largest absolute Gasteiger partial charge is 0.466 e. The molecule has 0 amide bonds. The molecule has 6 heteroatoms. The van der Waals surface area contributed by atoms with Gasteiger partial charge in [0.2, 0.25) is 0 Å². The van der Waals surface area contributed by atoms with Gasteiger partial charge in [-0.1, -0.05) is 18.2 Å². The Morgan fingerprint density at radius 1 is 1.35 bits per heavy atom. The minimum Gasteiger partial charge on any atom is -0.466 e. The number of benzene rings is 1. The topological polar surface area (TPSA) is 53.9 Å². The van der Waals surface area contributed by atoms with E-state index in [4.69, 9.17) is 9.73 Å². The summed E-state index contributed by atoms with van der Waals surface area (Å²) in [4.78, 5) is 19.8. The lowest BCUT2D eigenvalue weighted by Gasteiger charge is -2.21. The Morgan fingerprint density at radius 2 is 2.15 bits per heavy atom. The van der Waals surface area contributed by atoms with E-state index in [0.29, 0.717) is 25.5 Å². The van der Waals surface area contributed by atoms with E-state index < -0.39 is 0 Å². The fourth-order valence-electron chi connectivity index (χ4n) is 2.96. The first kappa shape index (κ1) is 20.6. The maximum absolute atomic E-state index is 11.4. The molecule has 0 aliphatic carbocycles. The molecular weight excluding hydrogens is 346 g/mol. The van der Waals surface area contributed by atoms with E-state index in [2.05, 4.69) is 47.5 Å². The highest BCUT2D eigenvalue weighted by Gasteiger charge is 2.24. The molecule has 5 nitrogen and oxygen atoms in total. The SMILES string of the molecule is CCNC(=NCCCC(=O)OCC)N1CCC(CSc2ccccc2)C1. The van der Waals surface area contributed by atoms with Crippen molar-refractivity contribution in [3.05, 3.63) is 30.3 Å². The second-order valence-electron chi connectivity index (χ2n) is 6.37. The first-order chi connectivity index (χ1) is 12.7. The van der Waals surface area contributed by atoms with Crippen LogP contribution in [0.2, 0.25) is 0 Å². The van der Waals surface area contributed by atoms with Gasteiger partial charge in [-0.2, -0.15) is 0 Å². The summed E-state index contributed by atoms with van der Waals surface area (Å²) in [6.45, 7) is 7.97. The summed E-state index contributed by atoms with van der Waals surface area (Å²) < 4.78 is 4.96. The highest BCUT2D eigenvalue weighted by Crippen LogP contribution is 2.25. The molecule has 1 fully saturated rings. The number of thioether (sulfide) groups is 1. The van der Waals surface area contributed by atoms with Crippen molar-refractivity contribution in [2.45, 2.75) is 38.0 Å². The van der Waals surface area contributed by atoms with Gasteiger partial charge in [0.05, 0.1) is 6.61 Å². The van der Waals surface area contributed by atoms with Crippen LogP contribution in [0.5, 0.6) is 0 Å². The molecule has 2 rings (SSSR count). The third kappa shape index (κ3) is 7.28. The molecule has 0 radical (unpaired) electrons. The van der Waals surface area contributed by atoms with Crippen molar-refractivity contribution in [1.82, 2.24) is 10.2 Å². The van der Waals surface area contributed by atoms with Crippen molar-refractivity contribution < 1.29 is 9.53 Å². The Labute approximate surface area is 161 Å². The summed E-state index contributed by atoms with van der Waals surface area (Å²) >= 11 is 1.94. The molecule has 1 unspecified atom stereocenters. The number of nitrogens with one attached hydrogen (secondary N) is 1. The van der Waals surface area contributed by atoms with Crippen LogP contribution >= 0.6 is 11.8 Å². The summed E-state index contributed by atoms with van der Waals surface area (Å²) in [6.07, 6.45) is 2.37. The first-order valence-electron chi connectivity index (χ1n) is 9.59. The Morgan fingerprint density at radius 3 is 2.88 bits per heavy atom. The number of rotatable bonds is 9. The number of esters is 1. The number of nitrogens with zero attached hydrogens (tertiary/aromatic N) is 2. The second kappa shape index (κ2) is 11.8. The molecule has 0 aromatic heterocycles. The van der Waals surface area contributed by atoms with Gasteiger partial charge in [0.25, 0.3) is 0 Å². The van der Waals surface area contributed by atoms with Gasteiger partial charge < -0.3 is 15.0 Å². The number of guanidine groups is 1. The van der Waals surface area contributed by atoms with Gasteiger partial charge in [-0.3, -0.25) is 9.79 Å². The summed E-state index contributed by atoms with van der Waals surface area (Å²) in [5.41, 5.74) is 0. The lowest BCUT2D eigenvalue weighted by molar-refractivity contribution is -0.143. The molecule has 1 aromatic carbocycles. The van der Waals surface area contributed by atoms with Crippen LogP contribution in [0.3, 0.4) is 0 Å². The first-order valence-corrected chi connectivity index (χ1v) is 10.6. The average molecular weight is 378 g/mol. The van der Waals surface area contributed by atoms with Gasteiger partial charge >= 0.3 is 5.97 Å². The molecule has 1 aliphatic heterocycles. The van der Waals surface area contributed by atoms with Crippen LogP contribution in [0.1, 0.15) is 33.1 Å². The molecule has 1 atom stereocenters. The van der Waals surface area contributed by atoms with Crippen LogP contribution in [0.15, 0.2) is 40.2 Å².